The zero-order chi connectivity index (χ0) is 19.1. The van der Waals surface area contributed by atoms with Crippen molar-refractivity contribution < 1.29 is 9.53 Å². The van der Waals surface area contributed by atoms with Gasteiger partial charge in [-0.15, -0.1) is 24.0 Å². The second-order valence-corrected chi connectivity index (χ2v) is 7.73. The number of anilines is 1. The lowest BCUT2D eigenvalue weighted by molar-refractivity contribution is -0.116. The van der Waals surface area contributed by atoms with E-state index in [1.165, 1.54) is 0 Å². The molecule has 0 saturated carbocycles. The van der Waals surface area contributed by atoms with Crippen molar-refractivity contribution in [1.82, 2.24) is 15.1 Å². The highest BCUT2D eigenvalue weighted by atomic mass is 127. The van der Waals surface area contributed by atoms with Gasteiger partial charge in [0, 0.05) is 62.4 Å². The van der Waals surface area contributed by atoms with Crippen molar-refractivity contribution >= 4 is 57.5 Å². The Morgan fingerprint density at radius 3 is 2.64 bits per heavy atom. The average Bonchev–Trinajstić information content (AvgIpc) is 3.18. The summed E-state index contributed by atoms with van der Waals surface area (Å²) in [7, 11) is 1.80. The molecule has 1 aromatic carbocycles. The number of hydrogen-bond donors (Lipinski definition) is 2. The molecule has 0 spiro atoms. The molecule has 7 nitrogen and oxygen atoms in total. The highest BCUT2D eigenvalue weighted by Gasteiger charge is 2.30. The number of hydrogen-bond acceptors (Lipinski definition) is 4. The van der Waals surface area contributed by atoms with E-state index in [1.54, 1.807) is 7.05 Å². The van der Waals surface area contributed by atoms with Crippen LogP contribution < -0.4 is 10.6 Å². The summed E-state index contributed by atoms with van der Waals surface area (Å²) >= 11 is 3.39. The molecule has 0 bridgehead atoms. The highest BCUT2D eigenvalue weighted by molar-refractivity contribution is 14.0. The molecule has 9 heteroatoms. The Hall–Kier alpha value is -0.910. The minimum Gasteiger partial charge on any atom is -0.379 e. The molecule has 2 saturated heterocycles. The summed E-state index contributed by atoms with van der Waals surface area (Å²) in [6.07, 6.45) is 1.54. The molecule has 0 aromatic heterocycles. The molecule has 2 fully saturated rings. The number of ether oxygens (including phenoxy) is 1. The van der Waals surface area contributed by atoms with E-state index in [4.69, 9.17) is 4.74 Å². The second-order valence-electron chi connectivity index (χ2n) is 6.82. The largest absolute Gasteiger partial charge is 0.379 e. The fourth-order valence-electron chi connectivity index (χ4n) is 3.55. The van der Waals surface area contributed by atoms with Crippen molar-refractivity contribution in [3.8, 4) is 0 Å². The Kier molecular flexibility index (Phi) is 9.96. The maximum atomic E-state index is 12.1. The Morgan fingerprint density at radius 1 is 1.25 bits per heavy atom. The van der Waals surface area contributed by atoms with Gasteiger partial charge in [0.2, 0.25) is 5.91 Å². The number of halogens is 2. The summed E-state index contributed by atoms with van der Waals surface area (Å²) in [6, 6.07) is 8.14. The molecular formula is C19H29BrIN5O2. The topological polar surface area (TPSA) is 69.2 Å². The molecule has 1 aromatic rings. The van der Waals surface area contributed by atoms with Crippen molar-refractivity contribution in [3.63, 3.8) is 0 Å². The van der Waals surface area contributed by atoms with Crippen LogP contribution in [0.2, 0.25) is 0 Å². The van der Waals surface area contributed by atoms with E-state index in [9.17, 15) is 4.79 Å². The first kappa shape index (κ1) is 23.4. The third-order valence-electron chi connectivity index (χ3n) is 5.00. The SMILES string of the molecule is CN=C(NCCC(=O)Nc1ccc(Br)cc1)N1CCC(N2CCOCC2)C1.I. The average molecular weight is 566 g/mol. The van der Waals surface area contributed by atoms with Crippen LogP contribution >= 0.6 is 39.9 Å². The standard InChI is InChI=1S/C19H28BrN5O2.HI/c1-21-19(25-9-7-17(14-25)24-10-12-27-13-11-24)22-8-6-18(26)23-16-4-2-15(20)3-5-16;/h2-5,17H,6-14H2,1H3,(H,21,22)(H,23,26);1H. The number of rotatable bonds is 5. The van der Waals surface area contributed by atoms with Crippen LogP contribution in [0, 0.1) is 0 Å². The van der Waals surface area contributed by atoms with Gasteiger partial charge in [0.15, 0.2) is 5.96 Å². The number of benzene rings is 1. The van der Waals surface area contributed by atoms with Gasteiger partial charge in [-0.2, -0.15) is 0 Å². The summed E-state index contributed by atoms with van der Waals surface area (Å²) in [5, 5.41) is 6.23. The van der Waals surface area contributed by atoms with Gasteiger partial charge < -0.3 is 20.3 Å². The molecule has 1 unspecified atom stereocenters. The van der Waals surface area contributed by atoms with E-state index < -0.39 is 0 Å². The van der Waals surface area contributed by atoms with E-state index in [-0.39, 0.29) is 29.9 Å². The van der Waals surface area contributed by atoms with Crippen LogP contribution in [-0.4, -0.2) is 80.7 Å². The van der Waals surface area contributed by atoms with Crippen molar-refractivity contribution in [2.45, 2.75) is 18.9 Å². The van der Waals surface area contributed by atoms with Gasteiger partial charge in [-0.05, 0) is 30.7 Å². The van der Waals surface area contributed by atoms with Crippen LogP contribution in [0.1, 0.15) is 12.8 Å². The first-order chi connectivity index (χ1) is 13.2. The molecule has 0 radical (unpaired) electrons. The summed E-state index contributed by atoms with van der Waals surface area (Å²) in [4.78, 5) is 21.3. The Balaban J connectivity index is 0.00000280. The predicted octanol–water partition coefficient (Wildman–Crippen LogP) is 2.38. The normalized spacial score (nSPS) is 20.6. The quantitative estimate of drug-likeness (QED) is 0.326. The minimum absolute atomic E-state index is 0. The maximum Gasteiger partial charge on any atom is 0.226 e. The van der Waals surface area contributed by atoms with Crippen LogP contribution in [0.15, 0.2) is 33.7 Å². The van der Waals surface area contributed by atoms with Crippen molar-refractivity contribution in [2.24, 2.45) is 4.99 Å². The van der Waals surface area contributed by atoms with E-state index in [0.717, 1.165) is 61.9 Å². The van der Waals surface area contributed by atoms with Gasteiger partial charge in [-0.3, -0.25) is 14.7 Å². The summed E-state index contributed by atoms with van der Waals surface area (Å²) in [5.74, 6) is 0.870. The number of nitrogens with one attached hydrogen (secondary N) is 2. The van der Waals surface area contributed by atoms with E-state index in [0.29, 0.717) is 19.0 Å². The van der Waals surface area contributed by atoms with Gasteiger partial charge in [0.05, 0.1) is 13.2 Å². The Labute approximate surface area is 192 Å². The molecule has 2 heterocycles. The maximum absolute atomic E-state index is 12.1. The number of carbonyl (C=O) groups is 1. The van der Waals surface area contributed by atoms with Gasteiger partial charge in [-0.1, -0.05) is 15.9 Å². The number of amides is 1. The molecule has 2 aliphatic heterocycles. The van der Waals surface area contributed by atoms with Crippen LogP contribution in [0.25, 0.3) is 0 Å². The van der Waals surface area contributed by atoms with E-state index in [2.05, 4.69) is 41.4 Å². The van der Waals surface area contributed by atoms with Crippen molar-refractivity contribution in [1.29, 1.82) is 0 Å². The van der Waals surface area contributed by atoms with Crippen LogP contribution in [-0.2, 0) is 9.53 Å². The van der Waals surface area contributed by atoms with Crippen LogP contribution in [0.5, 0.6) is 0 Å². The summed E-state index contributed by atoms with van der Waals surface area (Å²) in [5.41, 5.74) is 0.806. The highest BCUT2D eigenvalue weighted by Crippen LogP contribution is 2.17. The number of carbonyl (C=O) groups excluding carboxylic acids is 1. The second kappa shape index (κ2) is 11.9. The predicted molar refractivity (Wildman–Crippen MR) is 127 cm³/mol. The molecule has 0 aliphatic carbocycles. The first-order valence-electron chi connectivity index (χ1n) is 9.48. The third kappa shape index (κ3) is 6.85. The van der Waals surface area contributed by atoms with Gasteiger partial charge in [0.1, 0.15) is 0 Å². The van der Waals surface area contributed by atoms with Crippen molar-refractivity contribution in [3.05, 3.63) is 28.7 Å². The van der Waals surface area contributed by atoms with Crippen LogP contribution in [0.3, 0.4) is 0 Å². The van der Waals surface area contributed by atoms with Crippen molar-refractivity contribution in [2.75, 3.05) is 58.3 Å². The lowest BCUT2D eigenvalue weighted by Gasteiger charge is -2.32. The zero-order valence-corrected chi connectivity index (χ0v) is 20.1. The third-order valence-corrected chi connectivity index (χ3v) is 5.53. The number of aliphatic imine (C=N–C) groups is 1. The fourth-order valence-corrected chi connectivity index (χ4v) is 3.82. The molecule has 3 rings (SSSR count). The molecule has 1 atom stereocenters. The monoisotopic (exact) mass is 565 g/mol. The molecule has 28 heavy (non-hydrogen) atoms. The smallest absolute Gasteiger partial charge is 0.226 e. The molecule has 2 N–H and O–H groups in total. The van der Waals surface area contributed by atoms with Crippen LogP contribution in [0.4, 0.5) is 5.69 Å². The molecular weight excluding hydrogens is 537 g/mol. The first-order valence-corrected chi connectivity index (χ1v) is 10.3. The lowest BCUT2D eigenvalue weighted by Crippen LogP contribution is -2.47. The lowest BCUT2D eigenvalue weighted by atomic mass is 10.2. The van der Waals surface area contributed by atoms with Gasteiger partial charge >= 0.3 is 0 Å². The number of nitrogens with zero attached hydrogens (tertiary/aromatic N) is 3. The molecule has 1 amide bonds. The molecule has 2 aliphatic rings. The minimum atomic E-state index is -0.00658. The fraction of sp³-hybridized carbons (Fsp3) is 0.579. The number of likely N-dealkylation sites (tertiary alicyclic amines) is 1. The molecule has 156 valence electrons. The summed E-state index contributed by atoms with van der Waals surface area (Å²) < 4.78 is 6.44. The van der Waals surface area contributed by atoms with E-state index in [1.807, 2.05) is 24.3 Å². The number of guanidine groups is 1. The van der Waals surface area contributed by atoms with E-state index >= 15 is 0 Å². The van der Waals surface area contributed by atoms with Gasteiger partial charge in [-0.25, -0.2) is 0 Å². The zero-order valence-electron chi connectivity index (χ0n) is 16.2. The van der Waals surface area contributed by atoms with Gasteiger partial charge in [0.25, 0.3) is 0 Å². The Bertz CT molecular complexity index is 652. The number of morpholine rings is 1. The Morgan fingerprint density at radius 2 is 1.96 bits per heavy atom. The summed E-state index contributed by atoms with van der Waals surface area (Å²) in [6.45, 7) is 6.22.